The van der Waals surface area contributed by atoms with Crippen LogP contribution in [0.3, 0.4) is 0 Å². The topological polar surface area (TPSA) is 114 Å². The van der Waals surface area contributed by atoms with Crippen molar-refractivity contribution in [2.24, 2.45) is 5.92 Å². The fourth-order valence-electron chi connectivity index (χ4n) is 2.84. The third-order valence-electron chi connectivity index (χ3n) is 4.36. The zero-order valence-corrected chi connectivity index (χ0v) is 19.3. The first-order chi connectivity index (χ1) is 14.5. The van der Waals surface area contributed by atoms with Gasteiger partial charge in [-0.2, -0.15) is 0 Å². The molecule has 2 amide bonds. The fraction of sp³-hybridized carbons (Fsp3) is 0.333. The largest absolute Gasteiger partial charge is 0.453 e. The monoisotopic (exact) mass is 467 g/mol. The zero-order valence-electron chi connectivity index (χ0n) is 17.7. The van der Waals surface area contributed by atoms with Gasteiger partial charge in [0.2, 0.25) is 5.91 Å². The third-order valence-corrected chi connectivity index (χ3v) is 6.20. The van der Waals surface area contributed by atoms with E-state index in [1.807, 2.05) is 13.8 Å². The average molecular weight is 468 g/mol. The molecule has 0 spiro atoms. The molecular formula is C21H26ClN3O5S. The van der Waals surface area contributed by atoms with Crippen LogP contribution in [-0.4, -0.2) is 33.6 Å². The number of benzene rings is 2. The Morgan fingerprint density at radius 3 is 2.42 bits per heavy atom. The molecule has 0 aliphatic heterocycles. The first-order valence-corrected chi connectivity index (χ1v) is 11.4. The molecule has 0 heterocycles. The van der Waals surface area contributed by atoms with Gasteiger partial charge >= 0.3 is 6.09 Å². The van der Waals surface area contributed by atoms with E-state index in [1.54, 1.807) is 43.3 Å². The number of methoxy groups -OCH3 is 1. The van der Waals surface area contributed by atoms with Crippen molar-refractivity contribution in [2.45, 2.75) is 38.1 Å². The Hall–Kier alpha value is -2.78. The molecule has 0 saturated heterocycles. The minimum Gasteiger partial charge on any atom is -0.453 e. The summed E-state index contributed by atoms with van der Waals surface area (Å²) in [6.07, 6.45) is -0.344. The average Bonchev–Trinajstić information content (AvgIpc) is 2.69. The number of carbonyl (C=O) groups is 2. The first kappa shape index (κ1) is 24.5. The highest BCUT2D eigenvalue weighted by Gasteiger charge is 2.24. The van der Waals surface area contributed by atoms with Gasteiger partial charge in [-0.15, -0.1) is 0 Å². The van der Waals surface area contributed by atoms with E-state index in [0.29, 0.717) is 12.0 Å². The Morgan fingerprint density at radius 1 is 1.13 bits per heavy atom. The summed E-state index contributed by atoms with van der Waals surface area (Å²) in [5.74, 6) is -0.355. The van der Waals surface area contributed by atoms with Crippen molar-refractivity contribution in [2.75, 3.05) is 17.1 Å². The molecule has 1 unspecified atom stereocenters. The molecule has 0 aromatic heterocycles. The second-order valence-electron chi connectivity index (χ2n) is 7.37. The van der Waals surface area contributed by atoms with E-state index in [2.05, 4.69) is 20.1 Å². The maximum absolute atomic E-state index is 12.9. The smallest absolute Gasteiger partial charge is 0.407 e. The van der Waals surface area contributed by atoms with Gasteiger partial charge in [-0.3, -0.25) is 9.52 Å². The molecule has 0 aliphatic carbocycles. The number of hydrogen-bond donors (Lipinski definition) is 3. The highest BCUT2D eigenvalue weighted by atomic mass is 35.5. The highest BCUT2D eigenvalue weighted by Crippen LogP contribution is 2.27. The number of nitrogens with one attached hydrogen (secondary N) is 3. The SMILES string of the molecule is COC(=O)NC(CC(C)C)C(=O)Nc1ccc(C)c(S(=O)(=O)Nc2ccccc2Cl)c1. The number of sulfonamides is 1. The molecule has 1 atom stereocenters. The van der Waals surface area contributed by atoms with Crippen LogP contribution in [0.2, 0.25) is 5.02 Å². The van der Waals surface area contributed by atoms with Crippen molar-refractivity contribution in [1.29, 1.82) is 0 Å². The molecule has 2 rings (SSSR count). The minimum atomic E-state index is -3.96. The molecule has 0 aliphatic rings. The minimum absolute atomic E-state index is 0.00782. The molecule has 3 N–H and O–H groups in total. The van der Waals surface area contributed by atoms with E-state index in [-0.39, 0.29) is 27.2 Å². The summed E-state index contributed by atoms with van der Waals surface area (Å²) in [4.78, 5) is 24.3. The second-order valence-corrected chi connectivity index (χ2v) is 9.43. The van der Waals surface area contributed by atoms with E-state index in [9.17, 15) is 18.0 Å². The van der Waals surface area contributed by atoms with Crippen LogP contribution in [0, 0.1) is 12.8 Å². The van der Waals surface area contributed by atoms with Gasteiger partial charge in [0.25, 0.3) is 10.0 Å². The number of alkyl carbamates (subject to hydrolysis) is 1. The highest BCUT2D eigenvalue weighted by molar-refractivity contribution is 7.92. The maximum atomic E-state index is 12.9. The summed E-state index contributed by atoms with van der Waals surface area (Å²) in [7, 11) is -2.75. The Morgan fingerprint density at radius 2 is 1.81 bits per heavy atom. The number of amides is 2. The molecule has 31 heavy (non-hydrogen) atoms. The summed E-state index contributed by atoms with van der Waals surface area (Å²) in [5.41, 5.74) is 1.01. The van der Waals surface area contributed by atoms with Crippen molar-refractivity contribution in [3.63, 3.8) is 0 Å². The van der Waals surface area contributed by atoms with Crippen LogP contribution in [0.5, 0.6) is 0 Å². The van der Waals surface area contributed by atoms with E-state index < -0.39 is 28.1 Å². The van der Waals surface area contributed by atoms with Crippen LogP contribution in [0.4, 0.5) is 16.2 Å². The van der Waals surface area contributed by atoms with Gasteiger partial charge in [-0.1, -0.05) is 43.6 Å². The number of rotatable bonds is 8. The van der Waals surface area contributed by atoms with Crippen molar-refractivity contribution >= 4 is 45.0 Å². The zero-order chi connectivity index (χ0) is 23.2. The summed E-state index contributed by atoms with van der Waals surface area (Å²) >= 11 is 6.06. The number of aryl methyl sites for hydroxylation is 1. The van der Waals surface area contributed by atoms with E-state index in [1.165, 1.54) is 13.2 Å². The Balaban J connectivity index is 2.27. The number of ether oxygens (including phenoxy) is 1. The van der Waals surface area contributed by atoms with Gasteiger partial charge in [-0.25, -0.2) is 13.2 Å². The quantitative estimate of drug-likeness (QED) is 0.539. The third kappa shape index (κ3) is 6.86. The first-order valence-electron chi connectivity index (χ1n) is 9.57. The molecule has 2 aromatic carbocycles. The lowest BCUT2D eigenvalue weighted by Crippen LogP contribution is -2.44. The van der Waals surface area contributed by atoms with E-state index in [0.717, 1.165) is 0 Å². The van der Waals surface area contributed by atoms with Gasteiger partial charge in [0, 0.05) is 5.69 Å². The van der Waals surface area contributed by atoms with Crippen LogP contribution >= 0.6 is 11.6 Å². The number of anilines is 2. The lowest BCUT2D eigenvalue weighted by molar-refractivity contribution is -0.118. The Kier molecular flexibility index (Phi) is 8.29. The summed E-state index contributed by atoms with van der Waals surface area (Å²) in [6, 6.07) is 10.2. The van der Waals surface area contributed by atoms with Gasteiger partial charge in [-0.05, 0) is 49.1 Å². The van der Waals surface area contributed by atoms with Crippen LogP contribution in [0.1, 0.15) is 25.8 Å². The fourth-order valence-corrected chi connectivity index (χ4v) is 4.44. The molecule has 0 saturated carbocycles. The molecule has 0 fully saturated rings. The summed E-state index contributed by atoms with van der Waals surface area (Å²) in [6.45, 7) is 5.47. The van der Waals surface area contributed by atoms with Gasteiger partial charge in [0.05, 0.1) is 22.7 Å². The van der Waals surface area contributed by atoms with E-state index in [4.69, 9.17) is 11.6 Å². The number of carbonyl (C=O) groups excluding carboxylic acids is 2. The maximum Gasteiger partial charge on any atom is 0.407 e. The molecule has 0 bridgehead atoms. The number of para-hydroxylation sites is 1. The van der Waals surface area contributed by atoms with Crippen molar-refractivity contribution in [3.05, 3.63) is 53.1 Å². The summed E-state index contributed by atoms with van der Waals surface area (Å²) in [5, 5.41) is 5.42. The van der Waals surface area contributed by atoms with Crippen LogP contribution in [-0.2, 0) is 19.6 Å². The Labute approximate surface area is 187 Å². The van der Waals surface area contributed by atoms with Gasteiger partial charge in [0.1, 0.15) is 6.04 Å². The predicted octanol–water partition coefficient (Wildman–Crippen LogP) is 4.16. The Bertz CT molecular complexity index is 1060. The number of hydrogen-bond acceptors (Lipinski definition) is 5. The number of halogens is 1. The molecule has 0 radical (unpaired) electrons. The molecule has 10 heteroatoms. The molecule has 2 aromatic rings. The summed E-state index contributed by atoms with van der Waals surface area (Å²) < 4.78 is 32.9. The van der Waals surface area contributed by atoms with Crippen molar-refractivity contribution < 1.29 is 22.7 Å². The molecular weight excluding hydrogens is 442 g/mol. The van der Waals surface area contributed by atoms with Gasteiger partial charge in [0.15, 0.2) is 0 Å². The standard InChI is InChI=1S/C21H26ClN3O5S/c1-13(2)11-18(24-21(27)30-4)20(26)23-15-10-9-14(3)19(12-15)31(28,29)25-17-8-6-5-7-16(17)22/h5-10,12-13,18,25H,11H2,1-4H3,(H,23,26)(H,24,27). The lowest BCUT2D eigenvalue weighted by atomic mass is 10.0. The van der Waals surface area contributed by atoms with Crippen molar-refractivity contribution in [3.8, 4) is 0 Å². The van der Waals surface area contributed by atoms with Gasteiger partial charge < -0.3 is 15.4 Å². The second kappa shape index (κ2) is 10.5. The normalized spacial score (nSPS) is 12.2. The van der Waals surface area contributed by atoms with Crippen molar-refractivity contribution in [1.82, 2.24) is 5.32 Å². The molecule has 8 nitrogen and oxygen atoms in total. The van der Waals surface area contributed by atoms with Crippen LogP contribution < -0.4 is 15.4 Å². The predicted molar refractivity (Wildman–Crippen MR) is 121 cm³/mol. The van der Waals surface area contributed by atoms with Crippen LogP contribution in [0.25, 0.3) is 0 Å². The van der Waals surface area contributed by atoms with E-state index >= 15 is 0 Å². The van der Waals surface area contributed by atoms with Crippen LogP contribution in [0.15, 0.2) is 47.4 Å². The molecule has 168 valence electrons. The lowest BCUT2D eigenvalue weighted by Gasteiger charge is -2.20.